The summed E-state index contributed by atoms with van der Waals surface area (Å²) in [5.41, 5.74) is 1.74. The van der Waals surface area contributed by atoms with Gasteiger partial charge in [-0.05, 0) is 61.3 Å². The summed E-state index contributed by atoms with van der Waals surface area (Å²) in [7, 11) is 0. The molecule has 0 bridgehead atoms. The van der Waals surface area contributed by atoms with Gasteiger partial charge in [0.15, 0.2) is 5.82 Å². The summed E-state index contributed by atoms with van der Waals surface area (Å²) in [4.78, 5) is 19.2. The summed E-state index contributed by atoms with van der Waals surface area (Å²) in [6.45, 7) is 6.08. The molecule has 10 heteroatoms. The largest absolute Gasteiger partial charge is 0.416 e. The van der Waals surface area contributed by atoms with Gasteiger partial charge >= 0.3 is 12.2 Å². The third-order valence-electron chi connectivity index (χ3n) is 8.60. The van der Waals surface area contributed by atoms with Crippen LogP contribution in [-0.2, 0) is 25.8 Å². The number of carbonyl (C=O) groups is 1. The molecule has 6 nitrogen and oxygen atoms in total. The summed E-state index contributed by atoms with van der Waals surface area (Å²) in [5, 5.41) is 4.71. The van der Waals surface area contributed by atoms with Crippen LogP contribution >= 0.6 is 0 Å². The quantitative estimate of drug-likeness (QED) is 0.316. The van der Waals surface area contributed by atoms with E-state index in [0.29, 0.717) is 50.5 Å². The molecule has 2 fully saturated rings. The monoisotopic (exact) mass is 555 g/mol. The molecule has 2 aliphatic heterocycles. The number of rotatable bonds is 6. The van der Waals surface area contributed by atoms with Gasteiger partial charge in [0.05, 0.1) is 24.3 Å². The number of amides is 2. The van der Waals surface area contributed by atoms with E-state index in [2.05, 4.69) is 6.92 Å². The fourth-order valence-corrected chi connectivity index (χ4v) is 6.09. The fraction of sp³-hybridized carbons (Fsp3) is 0.467. The molecule has 3 aliphatic rings. The molecule has 0 spiro atoms. The second kappa shape index (κ2) is 9.82. The average Bonchev–Trinajstić information content (AvgIpc) is 3.49. The molecule has 6 rings (SSSR count). The van der Waals surface area contributed by atoms with Crippen LogP contribution in [0.3, 0.4) is 0 Å². The summed E-state index contributed by atoms with van der Waals surface area (Å²) in [6.07, 6.45) is 0.882. The minimum Gasteiger partial charge on any atom is -0.369 e. The second-order valence-electron chi connectivity index (χ2n) is 11.8. The molecule has 3 aromatic rings. The van der Waals surface area contributed by atoms with Crippen molar-refractivity contribution in [3.63, 3.8) is 0 Å². The fourth-order valence-electron chi connectivity index (χ4n) is 6.09. The SMILES string of the molecule is Cc1cccc(F)c1N1CCC(N2Cc3cn(CC4(C)CC4)nc3N(Cc3ccccc3C(F)(F)F)C2=O)CC1. The van der Waals surface area contributed by atoms with Crippen LogP contribution in [0.2, 0.25) is 0 Å². The highest BCUT2D eigenvalue weighted by Gasteiger charge is 2.42. The number of aromatic nitrogens is 2. The lowest BCUT2D eigenvalue weighted by molar-refractivity contribution is -0.138. The van der Waals surface area contributed by atoms with E-state index in [1.807, 2.05) is 28.8 Å². The number of anilines is 2. The smallest absolute Gasteiger partial charge is 0.369 e. The lowest BCUT2D eigenvalue weighted by Gasteiger charge is -2.43. The van der Waals surface area contributed by atoms with Crippen molar-refractivity contribution in [2.45, 2.75) is 71.4 Å². The Morgan fingerprint density at radius 3 is 2.45 bits per heavy atom. The zero-order valence-electron chi connectivity index (χ0n) is 22.7. The number of alkyl halides is 3. The maximum atomic E-state index is 14.6. The van der Waals surface area contributed by atoms with Gasteiger partial charge in [-0.2, -0.15) is 18.3 Å². The molecular weight excluding hydrogens is 522 g/mol. The van der Waals surface area contributed by atoms with E-state index in [0.717, 1.165) is 30.0 Å². The molecule has 3 heterocycles. The van der Waals surface area contributed by atoms with Crippen molar-refractivity contribution < 1.29 is 22.4 Å². The molecule has 1 aromatic heterocycles. The first kappa shape index (κ1) is 26.7. The Hall–Kier alpha value is -3.56. The summed E-state index contributed by atoms with van der Waals surface area (Å²) >= 11 is 0. The summed E-state index contributed by atoms with van der Waals surface area (Å²) < 4.78 is 57.9. The first-order valence-corrected chi connectivity index (χ1v) is 13.8. The minimum atomic E-state index is -4.53. The lowest BCUT2D eigenvalue weighted by atomic mass is 10.00. The number of fused-ring (bicyclic) bond motifs is 1. The molecule has 212 valence electrons. The highest BCUT2D eigenvalue weighted by molar-refractivity contribution is 5.94. The highest BCUT2D eigenvalue weighted by atomic mass is 19.4. The molecular formula is C30H33F4N5O. The van der Waals surface area contributed by atoms with Gasteiger partial charge in [0, 0.05) is 37.4 Å². The molecule has 2 amide bonds. The van der Waals surface area contributed by atoms with Crippen molar-refractivity contribution in [3.8, 4) is 0 Å². The van der Waals surface area contributed by atoms with E-state index in [9.17, 15) is 22.4 Å². The van der Waals surface area contributed by atoms with Gasteiger partial charge in [-0.1, -0.05) is 37.3 Å². The number of hydrogen-bond acceptors (Lipinski definition) is 3. The zero-order chi connectivity index (χ0) is 28.2. The molecule has 0 radical (unpaired) electrons. The van der Waals surface area contributed by atoms with Gasteiger partial charge in [-0.25, -0.2) is 9.18 Å². The first-order valence-electron chi connectivity index (χ1n) is 13.8. The normalized spacial score (nSPS) is 19.2. The maximum absolute atomic E-state index is 14.6. The Balaban J connectivity index is 1.28. The predicted molar refractivity (Wildman–Crippen MR) is 145 cm³/mol. The molecule has 0 N–H and O–H groups in total. The van der Waals surface area contributed by atoms with Gasteiger partial charge < -0.3 is 9.80 Å². The van der Waals surface area contributed by atoms with Crippen molar-refractivity contribution in [2.75, 3.05) is 22.9 Å². The minimum absolute atomic E-state index is 0.0321. The van der Waals surface area contributed by atoms with Crippen LogP contribution in [0.15, 0.2) is 48.7 Å². The molecule has 0 unspecified atom stereocenters. The van der Waals surface area contributed by atoms with Crippen LogP contribution < -0.4 is 9.80 Å². The molecule has 1 saturated heterocycles. The predicted octanol–water partition coefficient (Wildman–Crippen LogP) is 6.76. The number of hydrogen-bond donors (Lipinski definition) is 0. The average molecular weight is 556 g/mol. The van der Waals surface area contributed by atoms with Crippen molar-refractivity contribution in [2.24, 2.45) is 5.41 Å². The van der Waals surface area contributed by atoms with E-state index in [1.54, 1.807) is 17.0 Å². The van der Waals surface area contributed by atoms with Crippen LogP contribution in [-0.4, -0.2) is 39.8 Å². The van der Waals surface area contributed by atoms with Crippen molar-refractivity contribution in [1.29, 1.82) is 0 Å². The molecule has 2 aromatic carbocycles. The lowest BCUT2D eigenvalue weighted by Crippen LogP contribution is -2.54. The number of halogens is 4. The van der Waals surface area contributed by atoms with E-state index in [4.69, 9.17) is 5.10 Å². The van der Waals surface area contributed by atoms with Crippen molar-refractivity contribution >= 4 is 17.5 Å². The zero-order valence-corrected chi connectivity index (χ0v) is 22.7. The molecule has 1 aliphatic carbocycles. The van der Waals surface area contributed by atoms with Crippen LogP contribution in [0.1, 0.15) is 54.9 Å². The topological polar surface area (TPSA) is 44.6 Å². The number of para-hydroxylation sites is 1. The Kier molecular flexibility index (Phi) is 6.54. The standard InChI is InChI=1S/C30H33F4N5O/c1-20-6-5-9-25(31)26(20)36-14-10-23(11-15-36)38-18-22-16-37(19-29(2)12-13-29)35-27(22)39(28(38)40)17-21-7-3-4-8-24(21)30(32,33)34/h3-9,16,23H,10-15,17-19H2,1-2H3. The highest BCUT2D eigenvalue weighted by Crippen LogP contribution is 2.46. The Labute approximate surface area is 231 Å². The van der Waals surface area contributed by atoms with Gasteiger partial charge in [0.25, 0.3) is 0 Å². The van der Waals surface area contributed by atoms with Crippen LogP contribution in [0.5, 0.6) is 0 Å². The molecule has 0 atom stereocenters. The van der Waals surface area contributed by atoms with E-state index in [-0.39, 0.29) is 35.4 Å². The van der Waals surface area contributed by atoms with Crippen molar-refractivity contribution in [1.82, 2.24) is 14.7 Å². The van der Waals surface area contributed by atoms with Gasteiger partial charge in [0.1, 0.15) is 5.82 Å². The number of urea groups is 1. The van der Waals surface area contributed by atoms with E-state index < -0.39 is 11.7 Å². The number of aryl methyl sites for hydroxylation is 1. The van der Waals surface area contributed by atoms with Crippen LogP contribution in [0.25, 0.3) is 0 Å². The number of nitrogens with zero attached hydrogens (tertiary/aromatic N) is 5. The molecule has 1 saturated carbocycles. The van der Waals surface area contributed by atoms with Gasteiger partial charge in [-0.15, -0.1) is 0 Å². The Bertz CT molecular complexity index is 1400. The van der Waals surface area contributed by atoms with E-state index >= 15 is 0 Å². The third-order valence-corrected chi connectivity index (χ3v) is 8.60. The van der Waals surface area contributed by atoms with Crippen LogP contribution in [0.4, 0.5) is 33.9 Å². The summed E-state index contributed by atoms with van der Waals surface area (Å²) in [5.74, 6) is 0.172. The number of carbonyl (C=O) groups excluding carboxylic acids is 1. The summed E-state index contributed by atoms with van der Waals surface area (Å²) in [6, 6.07) is 9.98. The third kappa shape index (κ3) is 5.04. The number of piperidine rings is 1. The van der Waals surface area contributed by atoms with Crippen LogP contribution in [0, 0.1) is 18.2 Å². The van der Waals surface area contributed by atoms with Crippen molar-refractivity contribution in [3.05, 3.63) is 76.7 Å². The molecule has 40 heavy (non-hydrogen) atoms. The van der Waals surface area contributed by atoms with E-state index in [1.165, 1.54) is 23.1 Å². The maximum Gasteiger partial charge on any atom is 0.416 e. The van der Waals surface area contributed by atoms with Gasteiger partial charge in [0.2, 0.25) is 0 Å². The Morgan fingerprint density at radius 2 is 1.77 bits per heavy atom. The second-order valence-corrected chi connectivity index (χ2v) is 11.8. The van der Waals surface area contributed by atoms with Gasteiger partial charge in [-0.3, -0.25) is 9.58 Å². The Morgan fingerprint density at radius 1 is 1.05 bits per heavy atom. The first-order chi connectivity index (χ1) is 19.0. The number of benzene rings is 2.